The lowest BCUT2D eigenvalue weighted by atomic mass is 10.2. The average molecular weight is 156 g/mol. The summed E-state index contributed by atoms with van der Waals surface area (Å²) in [4.78, 5) is 6.57. The minimum atomic E-state index is 0.663. The molecule has 0 N–H and O–H groups in total. The summed E-state index contributed by atoms with van der Waals surface area (Å²) in [6.07, 6.45) is 1.03. The summed E-state index contributed by atoms with van der Waals surface area (Å²) in [5.74, 6) is 1.86. The third-order valence-electron chi connectivity index (χ3n) is 1.47. The Morgan fingerprint density at radius 2 is 1.91 bits per heavy atom. The summed E-state index contributed by atoms with van der Waals surface area (Å²) in [5.41, 5.74) is 0. The second kappa shape index (κ2) is 5.16. The van der Waals surface area contributed by atoms with Crippen LogP contribution in [0, 0.1) is 5.92 Å². The number of nitrogens with zero attached hydrogens (tertiary/aromatic N) is 2. The fourth-order valence-electron chi connectivity index (χ4n) is 0.857. The van der Waals surface area contributed by atoms with Gasteiger partial charge in [-0.25, -0.2) is 0 Å². The highest BCUT2D eigenvalue weighted by Crippen LogP contribution is 1.96. The van der Waals surface area contributed by atoms with Crippen LogP contribution >= 0.6 is 0 Å². The topological polar surface area (TPSA) is 15.6 Å². The molecule has 0 aliphatic rings. The van der Waals surface area contributed by atoms with Crippen molar-refractivity contribution < 1.29 is 0 Å². The monoisotopic (exact) mass is 156 g/mol. The zero-order valence-corrected chi connectivity index (χ0v) is 8.39. The van der Waals surface area contributed by atoms with Gasteiger partial charge in [-0.05, 0) is 5.92 Å². The molecule has 2 nitrogen and oxygen atoms in total. The summed E-state index contributed by atoms with van der Waals surface area (Å²) in [7, 11) is 4.09. The van der Waals surface area contributed by atoms with Crippen LogP contribution in [0.25, 0.3) is 0 Å². The molecular formula is C9H20N2. The summed E-state index contributed by atoms with van der Waals surface area (Å²) < 4.78 is 0. The van der Waals surface area contributed by atoms with Crippen molar-refractivity contribution in [2.24, 2.45) is 10.9 Å². The van der Waals surface area contributed by atoms with Gasteiger partial charge in [-0.2, -0.15) is 0 Å². The van der Waals surface area contributed by atoms with E-state index in [-0.39, 0.29) is 0 Å². The Morgan fingerprint density at radius 1 is 1.36 bits per heavy atom. The molecule has 2 heteroatoms. The van der Waals surface area contributed by atoms with E-state index in [0.717, 1.165) is 13.0 Å². The van der Waals surface area contributed by atoms with Crippen molar-refractivity contribution >= 4 is 5.84 Å². The molecule has 0 atom stereocenters. The highest BCUT2D eigenvalue weighted by molar-refractivity contribution is 5.81. The van der Waals surface area contributed by atoms with E-state index in [1.807, 2.05) is 14.1 Å². The lowest BCUT2D eigenvalue weighted by molar-refractivity contribution is 0.588. The largest absolute Gasteiger partial charge is 0.367 e. The van der Waals surface area contributed by atoms with Crippen LogP contribution < -0.4 is 0 Å². The predicted octanol–water partition coefficient (Wildman–Crippen LogP) is 2.01. The molecule has 0 rings (SSSR count). The molecule has 0 bridgehead atoms. The van der Waals surface area contributed by atoms with Crippen molar-refractivity contribution in [2.75, 3.05) is 20.6 Å². The quantitative estimate of drug-likeness (QED) is 0.451. The Balaban J connectivity index is 3.91. The fraction of sp³-hybridized carbons (Fsp3) is 0.889. The maximum atomic E-state index is 4.48. The summed E-state index contributed by atoms with van der Waals surface area (Å²) in [6.45, 7) is 7.46. The van der Waals surface area contributed by atoms with Crippen LogP contribution in [0.2, 0.25) is 0 Å². The average Bonchev–Trinajstić information content (AvgIpc) is 1.87. The molecule has 0 aliphatic carbocycles. The standard InChI is InChI=1S/C9H20N2/c1-6-9(11(4)5)10-7-8(2)3/h8H,6-7H2,1-5H3. The minimum Gasteiger partial charge on any atom is -0.367 e. The van der Waals surface area contributed by atoms with E-state index in [9.17, 15) is 0 Å². The van der Waals surface area contributed by atoms with Gasteiger partial charge in [-0.3, -0.25) is 4.99 Å². The molecule has 0 spiro atoms. The Morgan fingerprint density at radius 3 is 2.18 bits per heavy atom. The Kier molecular flexibility index (Phi) is 4.92. The van der Waals surface area contributed by atoms with Crippen molar-refractivity contribution in [1.29, 1.82) is 0 Å². The maximum Gasteiger partial charge on any atom is 0.0981 e. The van der Waals surface area contributed by atoms with Crippen molar-refractivity contribution in [1.82, 2.24) is 4.90 Å². The van der Waals surface area contributed by atoms with Crippen LogP contribution in [0.4, 0.5) is 0 Å². The molecule has 0 aromatic heterocycles. The van der Waals surface area contributed by atoms with Gasteiger partial charge in [0.05, 0.1) is 5.84 Å². The minimum absolute atomic E-state index is 0.663. The van der Waals surface area contributed by atoms with Gasteiger partial charge >= 0.3 is 0 Å². The first-order valence-corrected chi connectivity index (χ1v) is 4.28. The Bertz CT molecular complexity index is 126. The van der Waals surface area contributed by atoms with E-state index in [1.54, 1.807) is 0 Å². The zero-order chi connectivity index (χ0) is 8.85. The van der Waals surface area contributed by atoms with Crippen LogP contribution in [-0.2, 0) is 0 Å². The molecule has 0 fully saturated rings. The SMILES string of the molecule is CCC(=NCC(C)C)N(C)C. The second-order valence-electron chi connectivity index (χ2n) is 3.40. The van der Waals surface area contributed by atoms with Crippen molar-refractivity contribution in [2.45, 2.75) is 27.2 Å². The number of hydrogen-bond acceptors (Lipinski definition) is 1. The maximum absolute atomic E-state index is 4.48. The number of aliphatic imine (C=N–C) groups is 1. The van der Waals surface area contributed by atoms with E-state index >= 15 is 0 Å². The van der Waals surface area contributed by atoms with E-state index in [0.29, 0.717) is 5.92 Å². The summed E-state index contributed by atoms with van der Waals surface area (Å²) in [5, 5.41) is 0. The number of amidine groups is 1. The van der Waals surface area contributed by atoms with Crippen LogP contribution in [0.3, 0.4) is 0 Å². The van der Waals surface area contributed by atoms with Crippen molar-refractivity contribution in [3.8, 4) is 0 Å². The smallest absolute Gasteiger partial charge is 0.0981 e. The van der Waals surface area contributed by atoms with Gasteiger partial charge in [0.2, 0.25) is 0 Å². The predicted molar refractivity (Wildman–Crippen MR) is 51.1 cm³/mol. The molecule has 0 saturated carbocycles. The highest BCUT2D eigenvalue weighted by Gasteiger charge is 1.97. The van der Waals surface area contributed by atoms with Gasteiger partial charge in [-0.15, -0.1) is 0 Å². The molecule has 0 aromatic rings. The number of hydrogen-bond donors (Lipinski definition) is 0. The molecule has 0 unspecified atom stereocenters. The second-order valence-corrected chi connectivity index (χ2v) is 3.40. The molecule has 0 aromatic carbocycles. The lowest BCUT2D eigenvalue weighted by Crippen LogP contribution is -2.21. The molecule has 0 amide bonds. The normalized spacial score (nSPS) is 12.4. The van der Waals surface area contributed by atoms with Crippen molar-refractivity contribution in [3.05, 3.63) is 0 Å². The first-order valence-electron chi connectivity index (χ1n) is 4.28. The third-order valence-corrected chi connectivity index (χ3v) is 1.47. The van der Waals surface area contributed by atoms with Crippen LogP contribution in [-0.4, -0.2) is 31.4 Å². The Labute approximate surface area is 70.3 Å². The fourth-order valence-corrected chi connectivity index (χ4v) is 0.857. The van der Waals surface area contributed by atoms with Gasteiger partial charge in [0.15, 0.2) is 0 Å². The van der Waals surface area contributed by atoms with E-state index in [2.05, 4.69) is 30.7 Å². The van der Waals surface area contributed by atoms with Gasteiger partial charge in [0, 0.05) is 27.1 Å². The lowest BCUT2D eigenvalue weighted by Gasteiger charge is -2.14. The molecule has 0 heterocycles. The van der Waals surface area contributed by atoms with Crippen LogP contribution in [0.1, 0.15) is 27.2 Å². The molecule has 11 heavy (non-hydrogen) atoms. The number of rotatable bonds is 3. The highest BCUT2D eigenvalue weighted by atomic mass is 15.1. The van der Waals surface area contributed by atoms with Crippen LogP contribution in [0.15, 0.2) is 4.99 Å². The molecule has 66 valence electrons. The molecule has 0 saturated heterocycles. The molecule has 0 radical (unpaired) electrons. The van der Waals surface area contributed by atoms with E-state index in [4.69, 9.17) is 0 Å². The van der Waals surface area contributed by atoms with Gasteiger partial charge < -0.3 is 4.90 Å². The van der Waals surface area contributed by atoms with Gasteiger partial charge in [-0.1, -0.05) is 20.8 Å². The summed E-state index contributed by atoms with van der Waals surface area (Å²) in [6, 6.07) is 0. The zero-order valence-electron chi connectivity index (χ0n) is 8.39. The molecular weight excluding hydrogens is 136 g/mol. The first kappa shape index (κ1) is 10.5. The van der Waals surface area contributed by atoms with Gasteiger partial charge in [0.25, 0.3) is 0 Å². The van der Waals surface area contributed by atoms with E-state index < -0.39 is 0 Å². The molecule has 0 aliphatic heterocycles. The van der Waals surface area contributed by atoms with Crippen molar-refractivity contribution in [3.63, 3.8) is 0 Å². The van der Waals surface area contributed by atoms with Gasteiger partial charge in [0.1, 0.15) is 0 Å². The Hall–Kier alpha value is -0.530. The first-order chi connectivity index (χ1) is 5.07. The van der Waals surface area contributed by atoms with E-state index in [1.165, 1.54) is 5.84 Å². The van der Waals surface area contributed by atoms with Crippen LogP contribution in [0.5, 0.6) is 0 Å². The third kappa shape index (κ3) is 4.82. The summed E-state index contributed by atoms with van der Waals surface area (Å²) >= 11 is 0.